The summed E-state index contributed by atoms with van der Waals surface area (Å²) < 4.78 is 35.1. The molecule has 0 bridgehead atoms. The van der Waals surface area contributed by atoms with Gasteiger partial charge in [-0.1, -0.05) is 42.5 Å². The topological polar surface area (TPSA) is 114 Å². The molecule has 3 N–H and O–H groups in total. The summed E-state index contributed by atoms with van der Waals surface area (Å²) in [6.45, 7) is 2.53. The Morgan fingerprint density at radius 3 is 2.53 bits per heavy atom. The molecule has 1 aliphatic heterocycles. The van der Waals surface area contributed by atoms with Crippen molar-refractivity contribution in [3.8, 4) is 34.9 Å². The van der Waals surface area contributed by atoms with Crippen molar-refractivity contribution in [2.45, 2.75) is 26.2 Å². The van der Waals surface area contributed by atoms with Gasteiger partial charge in [0.25, 0.3) is 5.91 Å². The molecule has 0 spiro atoms. The molecule has 8 nitrogen and oxygen atoms in total. The summed E-state index contributed by atoms with van der Waals surface area (Å²) in [7, 11) is -2.61. The molecule has 38 heavy (non-hydrogen) atoms. The lowest BCUT2D eigenvalue weighted by atomic mass is 10.0. The van der Waals surface area contributed by atoms with Crippen LogP contribution in [0.2, 0.25) is 5.02 Å². The van der Waals surface area contributed by atoms with Gasteiger partial charge in [-0.05, 0) is 36.8 Å². The standard InChI is InChI=1S/C27H27ClFN5O3S/c1-2-22-25(27(35)32-33-14-16-38(36,37)17-15-33)31-34(24-12-11-21(29)18-23(24)28)26(22)20-9-7-19(8-10-20)6-4-3-5-13-30/h7-12,18,36-37H,2-3,5,14-17H2,1H3,(H,32,35). The van der Waals surface area contributed by atoms with Crippen molar-refractivity contribution in [2.75, 3.05) is 24.6 Å². The van der Waals surface area contributed by atoms with E-state index in [-0.39, 0.29) is 22.2 Å². The average Bonchev–Trinajstić information content (AvgIpc) is 3.28. The van der Waals surface area contributed by atoms with E-state index in [1.54, 1.807) is 9.69 Å². The summed E-state index contributed by atoms with van der Waals surface area (Å²) in [5.74, 6) is 5.45. The Labute approximate surface area is 227 Å². The van der Waals surface area contributed by atoms with Crippen LogP contribution in [0.1, 0.15) is 41.4 Å². The normalized spacial score (nSPS) is 15.7. The van der Waals surface area contributed by atoms with Gasteiger partial charge in [0.2, 0.25) is 0 Å². The zero-order valence-corrected chi connectivity index (χ0v) is 22.3. The van der Waals surface area contributed by atoms with Gasteiger partial charge in [0.1, 0.15) is 5.82 Å². The fourth-order valence-corrected chi connectivity index (χ4v) is 5.60. The summed E-state index contributed by atoms with van der Waals surface area (Å²) in [5.41, 5.74) is 6.32. The minimum atomic E-state index is -2.61. The van der Waals surface area contributed by atoms with Gasteiger partial charge < -0.3 is 0 Å². The molecular formula is C27H27ClFN5O3S. The fraction of sp³-hybridized carbons (Fsp3) is 0.296. The average molecular weight is 556 g/mol. The molecule has 1 aliphatic rings. The van der Waals surface area contributed by atoms with E-state index in [1.807, 2.05) is 31.2 Å². The van der Waals surface area contributed by atoms with Gasteiger partial charge in [-0.25, -0.2) is 14.1 Å². The summed E-state index contributed by atoms with van der Waals surface area (Å²) in [6.07, 6.45) is 1.34. The van der Waals surface area contributed by atoms with Crippen LogP contribution >= 0.6 is 22.2 Å². The number of nitriles is 1. The number of hydrazine groups is 1. The van der Waals surface area contributed by atoms with Gasteiger partial charge in [0.05, 0.1) is 34.0 Å². The van der Waals surface area contributed by atoms with Crippen LogP contribution in [0.25, 0.3) is 16.9 Å². The fourth-order valence-electron chi connectivity index (χ4n) is 4.12. The molecule has 11 heteroatoms. The first-order chi connectivity index (χ1) is 18.2. The zero-order valence-electron chi connectivity index (χ0n) is 20.7. The van der Waals surface area contributed by atoms with Crippen LogP contribution in [0.3, 0.4) is 0 Å². The van der Waals surface area contributed by atoms with E-state index in [2.05, 4.69) is 28.4 Å². The molecule has 1 aromatic heterocycles. The van der Waals surface area contributed by atoms with Crippen molar-refractivity contribution < 1.29 is 18.3 Å². The Bertz CT molecular complexity index is 1430. The highest BCUT2D eigenvalue weighted by Crippen LogP contribution is 2.40. The number of rotatable bonds is 6. The van der Waals surface area contributed by atoms with Crippen molar-refractivity contribution in [3.63, 3.8) is 0 Å². The quantitative estimate of drug-likeness (QED) is 0.282. The first-order valence-electron chi connectivity index (χ1n) is 12.1. The highest BCUT2D eigenvalue weighted by atomic mass is 35.5. The van der Waals surface area contributed by atoms with E-state index in [0.29, 0.717) is 49.3 Å². The third-order valence-electron chi connectivity index (χ3n) is 6.08. The van der Waals surface area contributed by atoms with Crippen LogP contribution in [-0.4, -0.2) is 54.4 Å². The Morgan fingerprint density at radius 1 is 1.18 bits per heavy atom. The number of amides is 1. The van der Waals surface area contributed by atoms with E-state index >= 15 is 0 Å². The molecule has 3 aromatic rings. The Balaban J connectivity index is 1.74. The van der Waals surface area contributed by atoms with Crippen LogP contribution in [0, 0.1) is 29.0 Å². The lowest BCUT2D eigenvalue weighted by Crippen LogP contribution is -2.49. The van der Waals surface area contributed by atoms with Gasteiger partial charge >= 0.3 is 0 Å². The van der Waals surface area contributed by atoms with Crippen molar-refractivity contribution in [1.82, 2.24) is 20.2 Å². The van der Waals surface area contributed by atoms with Crippen LogP contribution in [0.15, 0.2) is 42.5 Å². The maximum Gasteiger partial charge on any atom is 0.286 e. The van der Waals surface area contributed by atoms with Gasteiger partial charge in [-0.3, -0.25) is 19.3 Å². The number of halogens is 2. The number of aromatic nitrogens is 2. The van der Waals surface area contributed by atoms with Gasteiger partial charge in [0, 0.05) is 42.6 Å². The molecule has 0 saturated carbocycles. The van der Waals surface area contributed by atoms with Crippen LogP contribution in [0.5, 0.6) is 0 Å². The number of carbonyl (C=O) groups is 1. The summed E-state index contributed by atoms with van der Waals surface area (Å²) >= 11 is 6.40. The Hall–Kier alpha value is -3.38. The van der Waals surface area contributed by atoms with Gasteiger partial charge in [0.15, 0.2) is 5.69 Å². The molecule has 4 rings (SSSR count). The largest absolute Gasteiger partial charge is 0.299 e. The van der Waals surface area contributed by atoms with Gasteiger partial charge in [-0.15, -0.1) is 0 Å². The van der Waals surface area contributed by atoms with E-state index in [9.17, 15) is 18.3 Å². The minimum Gasteiger partial charge on any atom is -0.299 e. The third kappa shape index (κ3) is 6.36. The maximum atomic E-state index is 13.8. The molecule has 1 fully saturated rings. The molecule has 198 valence electrons. The molecule has 0 aliphatic carbocycles. The highest BCUT2D eigenvalue weighted by molar-refractivity contribution is 8.24. The number of nitrogens with one attached hydrogen (secondary N) is 1. The summed E-state index contributed by atoms with van der Waals surface area (Å²) in [4.78, 5) is 13.4. The molecule has 1 saturated heterocycles. The first kappa shape index (κ1) is 27.6. The minimum absolute atomic E-state index is 0.143. The Kier molecular flexibility index (Phi) is 8.72. The molecule has 2 aromatic carbocycles. The second-order valence-electron chi connectivity index (χ2n) is 8.71. The van der Waals surface area contributed by atoms with E-state index in [1.165, 1.54) is 18.2 Å². The summed E-state index contributed by atoms with van der Waals surface area (Å²) in [6, 6.07) is 13.5. The first-order valence-corrected chi connectivity index (χ1v) is 14.3. The van der Waals surface area contributed by atoms with Crippen molar-refractivity contribution in [2.24, 2.45) is 0 Å². The van der Waals surface area contributed by atoms with Crippen LogP contribution in [-0.2, 0) is 6.42 Å². The third-order valence-corrected chi connectivity index (χ3v) is 8.05. The number of hydrogen-bond donors (Lipinski definition) is 3. The monoisotopic (exact) mass is 555 g/mol. The molecular weight excluding hydrogens is 529 g/mol. The van der Waals surface area contributed by atoms with Crippen molar-refractivity contribution in [1.29, 1.82) is 5.26 Å². The molecule has 0 atom stereocenters. The molecule has 1 amide bonds. The smallest absolute Gasteiger partial charge is 0.286 e. The maximum absolute atomic E-state index is 13.8. The van der Waals surface area contributed by atoms with Crippen molar-refractivity contribution in [3.05, 3.63) is 70.1 Å². The second kappa shape index (κ2) is 12.0. The number of benzene rings is 2. The predicted molar refractivity (Wildman–Crippen MR) is 147 cm³/mol. The zero-order chi connectivity index (χ0) is 27.3. The van der Waals surface area contributed by atoms with Crippen molar-refractivity contribution >= 4 is 28.1 Å². The molecule has 2 heterocycles. The van der Waals surface area contributed by atoms with Crippen LogP contribution < -0.4 is 5.43 Å². The molecule has 0 radical (unpaired) electrons. The number of unbranched alkanes of at least 4 members (excludes halogenated alkanes) is 1. The predicted octanol–water partition coefficient (Wildman–Crippen LogP) is 5.26. The summed E-state index contributed by atoms with van der Waals surface area (Å²) in [5, 5.41) is 15.1. The Morgan fingerprint density at radius 2 is 1.89 bits per heavy atom. The van der Waals surface area contributed by atoms with E-state index in [0.717, 1.165) is 11.1 Å². The van der Waals surface area contributed by atoms with Crippen LogP contribution in [0.4, 0.5) is 4.39 Å². The van der Waals surface area contributed by atoms with E-state index < -0.39 is 22.3 Å². The number of hydrogen-bond acceptors (Lipinski definition) is 6. The number of carbonyl (C=O) groups excluding carboxylic acids is 1. The van der Waals surface area contributed by atoms with Gasteiger partial charge in [-0.2, -0.15) is 21.0 Å². The SMILES string of the molecule is CCc1c(C(=O)NN2CCS(O)(O)CC2)nn(-c2ccc(F)cc2Cl)c1-c1ccc(C#CCCC#N)cc1. The number of nitrogens with zero attached hydrogens (tertiary/aromatic N) is 4. The highest BCUT2D eigenvalue weighted by Gasteiger charge is 2.28. The molecule has 0 unspecified atom stereocenters. The second-order valence-corrected chi connectivity index (χ2v) is 11.5. The lowest BCUT2D eigenvalue weighted by molar-refractivity contribution is 0.0792. The lowest BCUT2D eigenvalue weighted by Gasteiger charge is -2.40. The van der Waals surface area contributed by atoms with E-state index in [4.69, 9.17) is 16.9 Å².